The third-order valence-corrected chi connectivity index (χ3v) is 4.03. The smallest absolute Gasteiger partial charge is 0.141 e. The molecule has 20 heavy (non-hydrogen) atoms. The van der Waals surface area contributed by atoms with E-state index in [1.54, 1.807) is 6.07 Å². The van der Waals surface area contributed by atoms with Gasteiger partial charge in [0.1, 0.15) is 17.3 Å². The number of benzene rings is 2. The fourth-order valence-corrected chi connectivity index (χ4v) is 2.67. The van der Waals surface area contributed by atoms with Crippen LogP contribution in [0.25, 0.3) is 0 Å². The van der Waals surface area contributed by atoms with Crippen LogP contribution in [0, 0.1) is 5.82 Å². The van der Waals surface area contributed by atoms with Gasteiger partial charge in [-0.05, 0) is 59.7 Å². The Morgan fingerprint density at radius 3 is 2.50 bits per heavy atom. The van der Waals surface area contributed by atoms with Crippen molar-refractivity contribution in [3.63, 3.8) is 0 Å². The molecule has 1 atom stereocenters. The Hall–Kier alpha value is -0.910. The van der Waals surface area contributed by atoms with E-state index in [2.05, 4.69) is 44.1 Å². The molecule has 0 radical (unpaired) electrons. The Morgan fingerprint density at radius 2 is 1.90 bits per heavy atom. The molecule has 0 fully saturated rings. The maximum absolute atomic E-state index is 13.3. The van der Waals surface area contributed by atoms with Gasteiger partial charge in [-0.2, -0.15) is 0 Å². The topological polar surface area (TPSA) is 21.3 Å². The quantitative estimate of drug-likeness (QED) is 0.736. The molecule has 0 saturated heterocycles. The molecule has 0 aliphatic heterocycles. The van der Waals surface area contributed by atoms with Gasteiger partial charge in [-0.1, -0.05) is 22.0 Å². The van der Waals surface area contributed by atoms with Crippen LogP contribution in [-0.2, 0) is 0 Å². The lowest BCUT2D eigenvalue weighted by Gasteiger charge is -2.13. The van der Waals surface area contributed by atoms with Crippen LogP contribution in [0.2, 0.25) is 0 Å². The monoisotopic (exact) mass is 401 g/mol. The van der Waals surface area contributed by atoms with Crippen LogP contribution in [0.3, 0.4) is 0 Å². The summed E-state index contributed by atoms with van der Waals surface area (Å²) in [5.41, 5.74) is 1.15. The fourth-order valence-electron chi connectivity index (χ4n) is 1.75. The predicted molar refractivity (Wildman–Crippen MR) is 85.8 cm³/mol. The average molecular weight is 403 g/mol. The van der Waals surface area contributed by atoms with E-state index < -0.39 is 0 Å². The van der Waals surface area contributed by atoms with Crippen LogP contribution >= 0.6 is 31.9 Å². The van der Waals surface area contributed by atoms with Crippen molar-refractivity contribution in [3.05, 3.63) is 56.7 Å². The molecule has 2 aromatic rings. The Kier molecular flexibility index (Phi) is 5.18. The summed E-state index contributed by atoms with van der Waals surface area (Å²) < 4.78 is 20.5. The van der Waals surface area contributed by atoms with E-state index in [0.717, 1.165) is 10.0 Å². The summed E-state index contributed by atoms with van der Waals surface area (Å²) >= 11 is 6.73. The van der Waals surface area contributed by atoms with Crippen LogP contribution in [0.5, 0.6) is 11.5 Å². The summed E-state index contributed by atoms with van der Waals surface area (Å²) in [5, 5.41) is 3.18. The molecule has 1 unspecified atom stereocenters. The molecule has 0 amide bonds. The number of nitrogens with one attached hydrogen (secondary N) is 1. The Labute approximate surface area is 134 Å². The van der Waals surface area contributed by atoms with Gasteiger partial charge in [-0.25, -0.2) is 4.39 Å². The lowest BCUT2D eigenvalue weighted by Crippen LogP contribution is -2.12. The molecule has 0 aliphatic rings. The summed E-state index contributed by atoms with van der Waals surface area (Å²) in [6.07, 6.45) is 0. The molecule has 1 N–H and O–H groups in total. The van der Waals surface area contributed by atoms with Gasteiger partial charge >= 0.3 is 0 Å². The van der Waals surface area contributed by atoms with Gasteiger partial charge in [-0.15, -0.1) is 0 Å². The van der Waals surface area contributed by atoms with Crippen LogP contribution < -0.4 is 10.1 Å². The van der Waals surface area contributed by atoms with Gasteiger partial charge in [-0.3, -0.25) is 0 Å². The highest BCUT2D eigenvalue weighted by molar-refractivity contribution is 9.10. The van der Waals surface area contributed by atoms with E-state index in [0.29, 0.717) is 16.0 Å². The predicted octanol–water partition coefficient (Wildman–Crippen LogP) is 5.42. The van der Waals surface area contributed by atoms with E-state index in [1.807, 2.05) is 25.2 Å². The van der Waals surface area contributed by atoms with Crippen molar-refractivity contribution in [1.29, 1.82) is 0 Å². The zero-order chi connectivity index (χ0) is 14.7. The molecule has 2 nitrogen and oxygen atoms in total. The summed E-state index contributed by atoms with van der Waals surface area (Å²) in [7, 11) is 1.91. The molecular formula is C15H14Br2FNO. The highest BCUT2D eigenvalue weighted by atomic mass is 79.9. The first kappa shape index (κ1) is 15.5. The first-order chi connectivity index (χ1) is 9.49. The first-order valence-corrected chi connectivity index (χ1v) is 7.69. The van der Waals surface area contributed by atoms with Gasteiger partial charge in [0, 0.05) is 16.6 Å². The molecule has 5 heteroatoms. The second-order valence-corrected chi connectivity index (χ2v) is 6.18. The third kappa shape index (κ3) is 3.81. The van der Waals surface area contributed by atoms with Crippen molar-refractivity contribution >= 4 is 31.9 Å². The Balaban J connectivity index is 2.25. The summed E-state index contributed by atoms with van der Waals surface area (Å²) in [6, 6.07) is 10.6. The van der Waals surface area contributed by atoms with Crippen LogP contribution in [-0.4, -0.2) is 7.05 Å². The molecule has 106 valence electrons. The third-order valence-electron chi connectivity index (χ3n) is 2.95. The van der Waals surface area contributed by atoms with E-state index >= 15 is 0 Å². The standard InChI is InChI=1S/C15H14Br2FNO/c1-9(19-2)10-3-4-15(14(17)5-10)20-13-7-11(16)6-12(18)8-13/h3-9,19H,1-2H3. The van der Waals surface area contributed by atoms with Crippen molar-refractivity contribution in [2.24, 2.45) is 0 Å². The second kappa shape index (κ2) is 6.70. The van der Waals surface area contributed by atoms with Gasteiger partial charge in [0.2, 0.25) is 0 Å². The van der Waals surface area contributed by atoms with Crippen LogP contribution in [0.4, 0.5) is 4.39 Å². The molecule has 0 spiro atoms. The maximum atomic E-state index is 13.3. The Morgan fingerprint density at radius 1 is 1.15 bits per heavy atom. The van der Waals surface area contributed by atoms with Crippen molar-refractivity contribution in [2.75, 3.05) is 7.05 Å². The fraction of sp³-hybridized carbons (Fsp3) is 0.200. The van der Waals surface area contributed by atoms with Gasteiger partial charge < -0.3 is 10.1 Å². The maximum Gasteiger partial charge on any atom is 0.141 e. The van der Waals surface area contributed by atoms with Gasteiger partial charge in [0.15, 0.2) is 0 Å². The van der Waals surface area contributed by atoms with Crippen LogP contribution in [0.1, 0.15) is 18.5 Å². The highest BCUT2D eigenvalue weighted by Gasteiger charge is 2.09. The lowest BCUT2D eigenvalue weighted by molar-refractivity contribution is 0.473. The van der Waals surface area contributed by atoms with Gasteiger partial charge in [0.25, 0.3) is 0 Å². The van der Waals surface area contributed by atoms with Gasteiger partial charge in [0.05, 0.1) is 4.47 Å². The summed E-state index contributed by atoms with van der Waals surface area (Å²) in [5.74, 6) is 0.757. The molecule has 0 aromatic heterocycles. The number of hydrogen-bond acceptors (Lipinski definition) is 2. The van der Waals surface area contributed by atoms with Crippen molar-refractivity contribution in [1.82, 2.24) is 5.32 Å². The number of halogens is 3. The normalized spacial score (nSPS) is 12.2. The molecule has 2 rings (SSSR count). The molecule has 0 aliphatic carbocycles. The minimum Gasteiger partial charge on any atom is -0.456 e. The first-order valence-electron chi connectivity index (χ1n) is 6.10. The average Bonchev–Trinajstić information content (AvgIpc) is 2.39. The number of hydrogen-bond donors (Lipinski definition) is 1. The zero-order valence-corrected chi connectivity index (χ0v) is 14.3. The van der Waals surface area contributed by atoms with E-state index in [9.17, 15) is 4.39 Å². The Bertz CT molecular complexity index is 599. The highest BCUT2D eigenvalue weighted by Crippen LogP contribution is 2.33. The molecular weight excluding hydrogens is 389 g/mol. The second-order valence-electron chi connectivity index (χ2n) is 4.41. The van der Waals surface area contributed by atoms with E-state index in [-0.39, 0.29) is 11.9 Å². The SMILES string of the molecule is CNC(C)c1ccc(Oc2cc(F)cc(Br)c2)c(Br)c1. The summed E-state index contributed by atoms with van der Waals surface area (Å²) in [6.45, 7) is 2.08. The van der Waals surface area contributed by atoms with Crippen molar-refractivity contribution < 1.29 is 9.13 Å². The zero-order valence-electron chi connectivity index (χ0n) is 11.1. The largest absolute Gasteiger partial charge is 0.456 e. The molecule has 0 bridgehead atoms. The summed E-state index contributed by atoms with van der Waals surface area (Å²) in [4.78, 5) is 0. The molecule has 0 heterocycles. The minimum atomic E-state index is -0.342. The lowest BCUT2D eigenvalue weighted by atomic mass is 10.1. The number of rotatable bonds is 4. The molecule has 2 aromatic carbocycles. The van der Waals surface area contributed by atoms with Crippen molar-refractivity contribution in [3.8, 4) is 11.5 Å². The van der Waals surface area contributed by atoms with Crippen molar-refractivity contribution in [2.45, 2.75) is 13.0 Å². The number of ether oxygens (including phenoxy) is 1. The van der Waals surface area contributed by atoms with Crippen LogP contribution in [0.15, 0.2) is 45.3 Å². The molecule has 0 saturated carbocycles. The minimum absolute atomic E-state index is 0.253. The van der Waals surface area contributed by atoms with E-state index in [4.69, 9.17) is 4.74 Å². The van der Waals surface area contributed by atoms with E-state index in [1.165, 1.54) is 12.1 Å².